The lowest BCUT2D eigenvalue weighted by molar-refractivity contribution is -0.124. The van der Waals surface area contributed by atoms with Gasteiger partial charge >= 0.3 is 6.09 Å². The van der Waals surface area contributed by atoms with Crippen LogP contribution in [0.15, 0.2) is 48.9 Å². The molecule has 2 heterocycles. The third-order valence-electron chi connectivity index (χ3n) is 10.4. The van der Waals surface area contributed by atoms with Crippen LogP contribution in [0.3, 0.4) is 0 Å². The second-order valence-corrected chi connectivity index (χ2v) is 15.7. The van der Waals surface area contributed by atoms with E-state index in [4.69, 9.17) is 14.5 Å². The van der Waals surface area contributed by atoms with Crippen LogP contribution in [0.5, 0.6) is 5.75 Å². The lowest BCUT2D eigenvalue weighted by Gasteiger charge is -2.35. The van der Waals surface area contributed by atoms with Crippen molar-refractivity contribution in [2.24, 2.45) is 17.3 Å². The summed E-state index contributed by atoms with van der Waals surface area (Å²) in [4.78, 5) is 33.6. The van der Waals surface area contributed by atoms with Gasteiger partial charge < -0.3 is 14.8 Å². The zero-order valence-corrected chi connectivity index (χ0v) is 30.7. The van der Waals surface area contributed by atoms with Gasteiger partial charge in [0.05, 0.1) is 13.3 Å². The maximum Gasteiger partial charge on any atom is 0.407 e. The fourth-order valence-corrected chi connectivity index (χ4v) is 7.28. The molecule has 49 heavy (non-hydrogen) atoms. The Morgan fingerprint density at radius 2 is 1.73 bits per heavy atom. The second-order valence-electron chi connectivity index (χ2n) is 15.7. The first-order chi connectivity index (χ1) is 23.4. The quantitative estimate of drug-likeness (QED) is 0.219. The number of hydrogen-bond donors (Lipinski definition) is 1. The summed E-state index contributed by atoms with van der Waals surface area (Å²) in [5.74, 6) is 2.54. The minimum Gasteiger partial charge on any atom is -0.496 e. The fourth-order valence-electron chi connectivity index (χ4n) is 7.28. The standard InChI is InChI=1S/C40H57N5O4/c1-27(2)45-26-34(24-43-45)33-18-20-41-37(23-33)44(25-29-8-10-30(11-9-29)32-14-17-36(48-7)28(3)22-32)38(46)31-12-15-35(16-13-31)49-39(47)42-21-19-40(4,5)6/h14,17-18,20,22-24,26-27,29-31,35H,8-13,15-16,19,21,25H2,1-7H3,(H,42,47). The van der Waals surface area contributed by atoms with Crippen LogP contribution in [0.25, 0.3) is 11.1 Å². The number of methoxy groups -OCH3 is 1. The van der Waals surface area contributed by atoms with Gasteiger partial charge in [0, 0.05) is 43.0 Å². The summed E-state index contributed by atoms with van der Waals surface area (Å²) in [5.41, 5.74) is 4.71. The van der Waals surface area contributed by atoms with E-state index in [0.717, 1.165) is 49.0 Å². The van der Waals surface area contributed by atoms with Crippen LogP contribution < -0.4 is 15.0 Å². The number of hydrogen-bond acceptors (Lipinski definition) is 6. The molecule has 9 nitrogen and oxygen atoms in total. The highest BCUT2D eigenvalue weighted by Crippen LogP contribution is 2.39. The van der Waals surface area contributed by atoms with Gasteiger partial charge in [-0.3, -0.25) is 14.4 Å². The van der Waals surface area contributed by atoms with Crippen molar-refractivity contribution in [1.29, 1.82) is 0 Å². The molecule has 0 saturated heterocycles. The van der Waals surface area contributed by atoms with E-state index in [0.29, 0.717) is 56.4 Å². The van der Waals surface area contributed by atoms with Gasteiger partial charge in [0.15, 0.2) is 0 Å². The lowest BCUT2D eigenvalue weighted by Crippen LogP contribution is -2.42. The topological polar surface area (TPSA) is 98.6 Å². The van der Waals surface area contributed by atoms with Gasteiger partial charge in [0.1, 0.15) is 17.7 Å². The predicted molar refractivity (Wildman–Crippen MR) is 195 cm³/mol. The van der Waals surface area contributed by atoms with Crippen molar-refractivity contribution in [2.75, 3.05) is 25.1 Å². The smallest absolute Gasteiger partial charge is 0.407 e. The molecule has 2 aliphatic rings. The van der Waals surface area contributed by atoms with Crippen LogP contribution in [0, 0.1) is 24.2 Å². The number of rotatable bonds is 11. The maximum absolute atomic E-state index is 14.4. The van der Waals surface area contributed by atoms with Crippen LogP contribution in [-0.2, 0) is 9.53 Å². The summed E-state index contributed by atoms with van der Waals surface area (Å²) in [6.07, 6.45) is 13.2. The molecule has 0 unspecified atom stereocenters. The number of benzene rings is 1. The molecule has 2 fully saturated rings. The van der Waals surface area contributed by atoms with Gasteiger partial charge in [0.25, 0.3) is 0 Å². The van der Waals surface area contributed by atoms with Crippen LogP contribution in [0.1, 0.15) is 115 Å². The van der Waals surface area contributed by atoms with Crippen LogP contribution in [0.4, 0.5) is 10.6 Å². The first-order valence-electron chi connectivity index (χ1n) is 18.3. The molecular weight excluding hydrogens is 614 g/mol. The lowest BCUT2D eigenvalue weighted by atomic mass is 9.78. The Hall–Kier alpha value is -3.88. The second kappa shape index (κ2) is 16.2. The molecule has 0 radical (unpaired) electrons. The van der Waals surface area contributed by atoms with Crippen LogP contribution in [0.2, 0.25) is 0 Å². The van der Waals surface area contributed by atoms with Crippen molar-refractivity contribution in [2.45, 2.75) is 117 Å². The molecule has 1 N–H and O–H groups in total. The highest BCUT2D eigenvalue weighted by atomic mass is 16.6. The Bertz CT molecular complexity index is 1540. The van der Waals surface area contributed by atoms with Gasteiger partial charge in [-0.05, 0) is 131 Å². The maximum atomic E-state index is 14.4. The van der Waals surface area contributed by atoms with Gasteiger partial charge in [-0.15, -0.1) is 0 Å². The number of amides is 2. The molecule has 0 bridgehead atoms. The highest BCUT2D eigenvalue weighted by molar-refractivity contribution is 5.94. The predicted octanol–water partition coefficient (Wildman–Crippen LogP) is 8.87. The monoisotopic (exact) mass is 671 g/mol. The zero-order valence-electron chi connectivity index (χ0n) is 30.7. The Morgan fingerprint density at radius 3 is 2.37 bits per heavy atom. The van der Waals surface area contributed by atoms with E-state index in [-0.39, 0.29) is 35.5 Å². The Balaban J connectivity index is 1.26. The fraction of sp³-hybridized carbons (Fsp3) is 0.600. The molecule has 2 amide bonds. The van der Waals surface area contributed by atoms with Gasteiger partial charge in [-0.2, -0.15) is 5.10 Å². The molecule has 0 aliphatic heterocycles. The van der Waals surface area contributed by atoms with E-state index in [2.05, 4.69) is 76.4 Å². The Labute approximate surface area is 293 Å². The van der Waals surface area contributed by atoms with Gasteiger partial charge in [-0.1, -0.05) is 32.9 Å². The van der Waals surface area contributed by atoms with Crippen LogP contribution >= 0.6 is 0 Å². The number of aromatic nitrogens is 3. The van der Waals surface area contributed by atoms with Crippen LogP contribution in [-0.4, -0.2) is 53.1 Å². The number of pyridine rings is 1. The summed E-state index contributed by atoms with van der Waals surface area (Å²) in [7, 11) is 1.72. The molecule has 1 aromatic carbocycles. The number of ether oxygens (including phenoxy) is 2. The van der Waals surface area contributed by atoms with Gasteiger partial charge in [-0.25, -0.2) is 9.78 Å². The Kier molecular flexibility index (Phi) is 12.0. The van der Waals surface area contributed by atoms with Crippen molar-refractivity contribution >= 4 is 17.8 Å². The van der Waals surface area contributed by atoms with Crippen molar-refractivity contribution in [3.05, 3.63) is 60.0 Å². The number of anilines is 1. The van der Waals surface area contributed by atoms with E-state index >= 15 is 0 Å². The average molecular weight is 672 g/mol. The first kappa shape index (κ1) is 36.4. The molecule has 2 aromatic heterocycles. The van der Waals surface area contributed by atoms with E-state index in [1.54, 1.807) is 7.11 Å². The average Bonchev–Trinajstić information content (AvgIpc) is 3.58. The molecule has 0 atom stereocenters. The number of nitrogens with one attached hydrogen (secondary N) is 1. The molecule has 2 aliphatic carbocycles. The summed E-state index contributed by atoms with van der Waals surface area (Å²) < 4.78 is 13.2. The molecule has 266 valence electrons. The van der Waals surface area contributed by atoms with E-state index in [9.17, 15) is 9.59 Å². The number of nitrogens with zero attached hydrogens (tertiary/aromatic N) is 4. The van der Waals surface area contributed by atoms with Crippen molar-refractivity contribution in [3.8, 4) is 16.9 Å². The normalized spacial score (nSPS) is 21.3. The van der Waals surface area contributed by atoms with Crippen molar-refractivity contribution in [1.82, 2.24) is 20.1 Å². The summed E-state index contributed by atoms with van der Waals surface area (Å²) in [5, 5.41) is 7.44. The molecule has 3 aromatic rings. The highest BCUT2D eigenvalue weighted by Gasteiger charge is 2.34. The minimum absolute atomic E-state index is 0.128. The minimum atomic E-state index is -0.358. The third-order valence-corrected chi connectivity index (χ3v) is 10.4. The Morgan fingerprint density at radius 1 is 1.00 bits per heavy atom. The third kappa shape index (κ3) is 9.86. The van der Waals surface area contributed by atoms with Crippen molar-refractivity contribution in [3.63, 3.8) is 0 Å². The molecular formula is C40H57N5O4. The van der Waals surface area contributed by atoms with Crippen molar-refractivity contribution < 1.29 is 19.1 Å². The number of aryl methyl sites for hydroxylation is 1. The number of alkyl carbamates (subject to hydrolysis) is 1. The van der Waals surface area contributed by atoms with E-state index in [1.165, 1.54) is 11.1 Å². The molecule has 9 heteroatoms. The SMILES string of the molecule is COc1ccc(C2CCC(CN(C(=O)C3CCC(OC(=O)NCCC(C)(C)C)CC3)c3cc(-c4cnn(C(C)C)c4)ccn3)CC2)cc1C. The molecule has 0 spiro atoms. The van der Waals surface area contributed by atoms with Gasteiger partial charge in [0.2, 0.25) is 5.91 Å². The van der Waals surface area contributed by atoms with E-state index < -0.39 is 0 Å². The first-order valence-corrected chi connectivity index (χ1v) is 18.3. The number of carbonyl (C=O) groups excluding carboxylic acids is 2. The summed E-state index contributed by atoms with van der Waals surface area (Å²) in [6.45, 7) is 14.0. The summed E-state index contributed by atoms with van der Waals surface area (Å²) >= 11 is 0. The molecule has 5 rings (SSSR count). The molecule has 2 saturated carbocycles. The zero-order chi connectivity index (χ0) is 35.1. The largest absolute Gasteiger partial charge is 0.496 e. The van der Waals surface area contributed by atoms with E-state index in [1.807, 2.05) is 34.1 Å². The number of carbonyl (C=O) groups is 2. The summed E-state index contributed by atoms with van der Waals surface area (Å²) in [6, 6.07) is 10.9.